The Bertz CT molecular complexity index is 431. The lowest BCUT2D eigenvalue weighted by molar-refractivity contribution is -0.137. The van der Waals surface area contributed by atoms with Crippen LogP contribution in [-0.2, 0) is 11.3 Å². The molecule has 0 radical (unpaired) electrons. The maximum absolute atomic E-state index is 10.9. The summed E-state index contributed by atoms with van der Waals surface area (Å²) in [6.45, 7) is 1.60. The van der Waals surface area contributed by atoms with Crippen molar-refractivity contribution in [2.75, 3.05) is 20.7 Å². The standard InChI is InChI=1S/C13H17NO3/c1-14-7-9(6-13(15)16)10-4-3-5-12(17-2)11(10)8-14/h3-5,9H,6-8H2,1-2H3,(H,15,16). The molecule has 0 aliphatic carbocycles. The fourth-order valence-corrected chi connectivity index (χ4v) is 2.52. The Morgan fingerprint density at radius 3 is 3.00 bits per heavy atom. The number of hydrogen-bond acceptors (Lipinski definition) is 3. The second-order valence-corrected chi connectivity index (χ2v) is 4.52. The minimum atomic E-state index is -0.751. The lowest BCUT2D eigenvalue weighted by Gasteiger charge is -2.32. The summed E-state index contributed by atoms with van der Waals surface area (Å²) in [7, 11) is 3.65. The molecule has 0 fully saturated rings. The molecule has 1 unspecified atom stereocenters. The van der Waals surface area contributed by atoms with Crippen molar-refractivity contribution in [1.82, 2.24) is 4.90 Å². The van der Waals surface area contributed by atoms with Gasteiger partial charge < -0.3 is 14.7 Å². The van der Waals surface area contributed by atoms with Gasteiger partial charge in [-0.05, 0) is 18.7 Å². The summed E-state index contributed by atoms with van der Waals surface area (Å²) in [5.41, 5.74) is 2.24. The van der Waals surface area contributed by atoms with Gasteiger partial charge in [0.15, 0.2) is 0 Å². The van der Waals surface area contributed by atoms with Crippen LogP contribution >= 0.6 is 0 Å². The highest BCUT2D eigenvalue weighted by Gasteiger charge is 2.27. The van der Waals surface area contributed by atoms with E-state index in [1.54, 1.807) is 7.11 Å². The first kappa shape index (κ1) is 11.9. The fraction of sp³-hybridized carbons (Fsp3) is 0.462. The Kier molecular flexibility index (Phi) is 3.33. The number of fused-ring (bicyclic) bond motifs is 1. The van der Waals surface area contributed by atoms with E-state index in [1.165, 1.54) is 0 Å². The van der Waals surface area contributed by atoms with E-state index in [0.717, 1.165) is 30.0 Å². The van der Waals surface area contributed by atoms with Gasteiger partial charge in [0.1, 0.15) is 5.75 Å². The summed E-state index contributed by atoms with van der Waals surface area (Å²) in [4.78, 5) is 13.0. The molecule has 1 atom stereocenters. The van der Waals surface area contributed by atoms with Crippen LogP contribution in [0.15, 0.2) is 18.2 Å². The third kappa shape index (κ3) is 2.42. The average molecular weight is 235 g/mol. The van der Waals surface area contributed by atoms with Crippen molar-refractivity contribution in [3.63, 3.8) is 0 Å². The third-order valence-electron chi connectivity index (χ3n) is 3.21. The number of likely N-dealkylation sites (N-methyl/N-ethyl adjacent to an activating group) is 1. The summed E-state index contributed by atoms with van der Waals surface area (Å²) in [6, 6.07) is 5.87. The summed E-state index contributed by atoms with van der Waals surface area (Å²) >= 11 is 0. The molecule has 1 aromatic carbocycles. The van der Waals surface area contributed by atoms with E-state index in [9.17, 15) is 4.79 Å². The Balaban J connectivity index is 2.39. The SMILES string of the molecule is COc1cccc2c1CN(C)CC2CC(=O)O. The van der Waals surface area contributed by atoms with Gasteiger partial charge in [0.25, 0.3) is 0 Å². The number of benzene rings is 1. The molecule has 1 aromatic rings. The lowest BCUT2D eigenvalue weighted by atomic mass is 9.87. The number of carboxylic acids is 1. The Hall–Kier alpha value is -1.55. The molecule has 2 rings (SSSR count). The second-order valence-electron chi connectivity index (χ2n) is 4.52. The topological polar surface area (TPSA) is 49.8 Å². The van der Waals surface area contributed by atoms with Gasteiger partial charge in [-0.25, -0.2) is 0 Å². The highest BCUT2D eigenvalue weighted by atomic mass is 16.5. The highest BCUT2D eigenvalue weighted by Crippen LogP contribution is 2.35. The number of rotatable bonds is 3. The molecule has 1 aliphatic rings. The van der Waals surface area contributed by atoms with Crippen molar-refractivity contribution in [3.05, 3.63) is 29.3 Å². The first-order chi connectivity index (χ1) is 8.11. The van der Waals surface area contributed by atoms with Crippen molar-refractivity contribution in [1.29, 1.82) is 0 Å². The van der Waals surface area contributed by atoms with Crippen molar-refractivity contribution in [3.8, 4) is 5.75 Å². The Morgan fingerprint density at radius 2 is 2.35 bits per heavy atom. The molecule has 1 aliphatic heterocycles. The molecular weight excluding hydrogens is 218 g/mol. The highest BCUT2D eigenvalue weighted by molar-refractivity contribution is 5.68. The predicted molar refractivity (Wildman–Crippen MR) is 64.3 cm³/mol. The van der Waals surface area contributed by atoms with Gasteiger partial charge in [0.2, 0.25) is 0 Å². The van der Waals surface area contributed by atoms with Gasteiger partial charge in [-0.3, -0.25) is 4.79 Å². The van der Waals surface area contributed by atoms with Crippen molar-refractivity contribution in [2.45, 2.75) is 18.9 Å². The number of ether oxygens (including phenoxy) is 1. The molecule has 17 heavy (non-hydrogen) atoms. The van der Waals surface area contributed by atoms with Gasteiger partial charge in [-0.1, -0.05) is 12.1 Å². The smallest absolute Gasteiger partial charge is 0.304 e. The molecule has 0 saturated carbocycles. The van der Waals surface area contributed by atoms with Crippen LogP contribution in [0.2, 0.25) is 0 Å². The van der Waals surface area contributed by atoms with Gasteiger partial charge in [-0.15, -0.1) is 0 Å². The van der Waals surface area contributed by atoms with Crippen LogP contribution in [0.3, 0.4) is 0 Å². The van der Waals surface area contributed by atoms with Crippen molar-refractivity contribution < 1.29 is 14.6 Å². The predicted octanol–water partition coefficient (Wildman–Crippen LogP) is 1.70. The van der Waals surface area contributed by atoms with Crippen LogP contribution in [0.25, 0.3) is 0 Å². The molecule has 0 saturated heterocycles. The van der Waals surface area contributed by atoms with Crippen LogP contribution in [0.1, 0.15) is 23.5 Å². The zero-order chi connectivity index (χ0) is 12.4. The molecule has 1 N–H and O–H groups in total. The van der Waals surface area contributed by atoms with Crippen LogP contribution in [-0.4, -0.2) is 36.7 Å². The van der Waals surface area contributed by atoms with Gasteiger partial charge in [0.05, 0.1) is 13.5 Å². The van der Waals surface area contributed by atoms with Gasteiger partial charge >= 0.3 is 5.97 Å². The normalized spacial score (nSPS) is 19.8. The molecule has 0 aromatic heterocycles. The molecule has 1 heterocycles. The Labute approximate surface area is 101 Å². The number of carbonyl (C=O) groups is 1. The average Bonchev–Trinajstić information content (AvgIpc) is 2.27. The quantitative estimate of drug-likeness (QED) is 0.866. The molecule has 92 valence electrons. The van der Waals surface area contributed by atoms with Crippen LogP contribution in [0.5, 0.6) is 5.75 Å². The van der Waals surface area contributed by atoms with E-state index < -0.39 is 5.97 Å². The molecule has 0 amide bonds. The molecule has 4 heteroatoms. The summed E-state index contributed by atoms with van der Waals surface area (Å²) in [5.74, 6) is 0.153. The number of nitrogens with zero attached hydrogens (tertiary/aromatic N) is 1. The summed E-state index contributed by atoms with van der Waals surface area (Å²) < 4.78 is 5.34. The van der Waals surface area contributed by atoms with E-state index in [2.05, 4.69) is 4.90 Å². The van der Waals surface area contributed by atoms with E-state index in [0.29, 0.717) is 0 Å². The zero-order valence-electron chi connectivity index (χ0n) is 10.1. The largest absolute Gasteiger partial charge is 0.496 e. The number of hydrogen-bond donors (Lipinski definition) is 1. The number of carboxylic acid groups (broad SMARTS) is 1. The fourth-order valence-electron chi connectivity index (χ4n) is 2.52. The summed E-state index contributed by atoms with van der Waals surface area (Å²) in [5, 5.41) is 8.95. The second kappa shape index (κ2) is 4.75. The Morgan fingerprint density at radius 1 is 1.59 bits per heavy atom. The number of methoxy groups -OCH3 is 1. The minimum Gasteiger partial charge on any atom is -0.496 e. The maximum atomic E-state index is 10.9. The lowest BCUT2D eigenvalue weighted by Crippen LogP contribution is -2.31. The third-order valence-corrected chi connectivity index (χ3v) is 3.21. The maximum Gasteiger partial charge on any atom is 0.304 e. The zero-order valence-corrected chi connectivity index (χ0v) is 10.1. The van der Waals surface area contributed by atoms with Crippen LogP contribution < -0.4 is 4.74 Å². The molecule has 0 spiro atoms. The first-order valence-corrected chi connectivity index (χ1v) is 5.68. The van der Waals surface area contributed by atoms with Gasteiger partial charge in [-0.2, -0.15) is 0 Å². The first-order valence-electron chi connectivity index (χ1n) is 5.68. The van der Waals surface area contributed by atoms with E-state index in [4.69, 9.17) is 9.84 Å². The van der Waals surface area contributed by atoms with E-state index in [1.807, 2.05) is 25.2 Å². The molecule has 4 nitrogen and oxygen atoms in total. The monoisotopic (exact) mass is 235 g/mol. The summed E-state index contributed by atoms with van der Waals surface area (Å²) in [6.07, 6.45) is 0.171. The van der Waals surface area contributed by atoms with Crippen LogP contribution in [0, 0.1) is 0 Å². The minimum absolute atomic E-state index is 0.0522. The van der Waals surface area contributed by atoms with E-state index in [-0.39, 0.29) is 12.3 Å². The molecule has 0 bridgehead atoms. The number of aliphatic carboxylic acids is 1. The van der Waals surface area contributed by atoms with Crippen LogP contribution in [0.4, 0.5) is 0 Å². The van der Waals surface area contributed by atoms with Crippen molar-refractivity contribution in [2.24, 2.45) is 0 Å². The van der Waals surface area contributed by atoms with Crippen molar-refractivity contribution >= 4 is 5.97 Å². The van der Waals surface area contributed by atoms with E-state index >= 15 is 0 Å². The molecular formula is C13H17NO3. The van der Waals surface area contributed by atoms with Gasteiger partial charge in [0, 0.05) is 24.6 Å².